The molecule has 0 aliphatic heterocycles. The van der Waals surface area contributed by atoms with Crippen molar-refractivity contribution >= 4 is 0 Å². The summed E-state index contributed by atoms with van der Waals surface area (Å²) in [5.74, 6) is 2.02. The van der Waals surface area contributed by atoms with Gasteiger partial charge in [0.05, 0.1) is 5.41 Å². The number of rotatable bonds is 3. The average Bonchev–Trinajstić information content (AvgIpc) is 3.94. The van der Waals surface area contributed by atoms with Crippen molar-refractivity contribution < 1.29 is 0 Å². The van der Waals surface area contributed by atoms with Crippen molar-refractivity contribution in [2.45, 2.75) is 43.9 Å². The van der Waals surface area contributed by atoms with E-state index < -0.39 is 5.41 Å². The molecule has 1 heterocycles. The van der Waals surface area contributed by atoms with Crippen LogP contribution in [0.15, 0.2) is 176 Å². The summed E-state index contributed by atoms with van der Waals surface area (Å²) in [6.45, 7) is 9.32. The Kier molecular flexibility index (Phi) is 6.78. The van der Waals surface area contributed by atoms with Gasteiger partial charge in [0.25, 0.3) is 0 Å². The second kappa shape index (κ2) is 12.0. The van der Waals surface area contributed by atoms with Crippen molar-refractivity contribution in [1.82, 2.24) is 15.0 Å². The lowest BCUT2D eigenvalue weighted by Gasteiger charge is -2.30. The first-order chi connectivity index (χ1) is 29.8. The number of benzene rings is 8. The molecule has 0 atom stereocenters. The van der Waals surface area contributed by atoms with E-state index in [4.69, 9.17) is 15.0 Å². The Labute approximate surface area is 356 Å². The summed E-state index contributed by atoms with van der Waals surface area (Å²) in [4.78, 5) is 16.4. The maximum atomic E-state index is 5.49. The van der Waals surface area contributed by atoms with E-state index >= 15 is 0 Å². The van der Waals surface area contributed by atoms with Gasteiger partial charge in [0.1, 0.15) is 0 Å². The number of hydrogen-bond acceptors (Lipinski definition) is 3. The molecule has 4 aliphatic rings. The molecule has 0 saturated heterocycles. The predicted molar refractivity (Wildman–Crippen MR) is 248 cm³/mol. The average molecular weight is 780 g/mol. The van der Waals surface area contributed by atoms with Gasteiger partial charge in [-0.3, -0.25) is 0 Å². The molecule has 0 saturated carbocycles. The molecular weight excluding hydrogens is 739 g/mol. The van der Waals surface area contributed by atoms with Crippen molar-refractivity contribution in [2.75, 3.05) is 0 Å². The van der Waals surface area contributed by atoms with Gasteiger partial charge in [-0.25, -0.2) is 15.0 Å². The van der Waals surface area contributed by atoms with Crippen LogP contribution in [0.1, 0.15) is 72.2 Å². The lowest BCUT2D eigenvalue weighted by molar-refractivity contribution is 0.660. The third kappa shape index (κ3) is 4.40. The number of fused-ring (bicyclic) bond motifs is 16. The van der Waals surface area contributed by atoms with Gasteiger partial charge in [0.2, 0.25) is 0 Å². The van der Waals surface area contributed by atoms with Gasteiger partial charge in [-0.15, -0.1) is 0 Å². The monoisotopic (exact) mass is 779 g/mol. The Morgan fingerprint density at radius 1 is 0.279 bits per heavy atom. The van der Waals surface area contributed by atoms with E-state index in [1.807, 2.05) is 0 Å². The number of nitrogens with zero attached hydrogens (tertiary/aromatic N) is 3. The SMILES string of the molecule is CC1(C)c2ccccc2-c2ccc(-c3nc(-c4ccc5c(c4)C(C)(C)c4ccccc4-5)nc(-c4cccc5c4-c4ccccc4C54c5ccccc5-c5ccccc54)n3)cc21. The van der Waals surface area contributed by atoms with Crippen LogP contribution < -0.4 is 0 Å². The molecule has 0 fully saturated rings. The first kappa shape index (κ1) is 34.6. The lowest BCUT2D eigenvalue weighted by atomic mass is 9.70. The Balaban J connectivity index is 1.06. The molecule has 1 spiro atoms. The zero-order chi connectivity index (χ0) is 40.8. The van der Waals surface area contributed by atoms with E-state index in [1.54, 1.807) is 0 Å². The molecule has 9 aromatic rings. The summed E-state index contributed by atoms with van der Waals surface area (Å²) in [6, 6.07) is 64.9. The van der Waals surface area contributed by atoms with E-state index in [1.165, 1.54) is 89.0 Å². The summed E-state index contributed by atoms with van der Waals surface area (Å²) in [6.07, 6.45) is 0. The highest BCUT2D eigenvalue weighted by atomic mass is 15.0. The highest BCUT2D eigenvalue weighted by Crippen LogP contribution is 2.64. The minimum Gasteiger partial charge on any atom is -0.208 e. The normalized spacial score (nSPS) is 15.6. The topological polar surface area (TPSA) is 38.7 Å². The third-order valence-corrected chi connectivity index (χ3v) is 14.6. The zero-order valence-corrected chi connectivity index (χ0v) is 34.6. The van der Waals surface area contributed by atoms with Gasteiger partial charge in [-0.1, -0.05) is 191 Å². The molecule has 0 unspecified atom stereocenters. The Morgan fingerprint density at radius 3 is 1.11 bits per heavy atom. The highest BCUT2D eigenvalue weighted by molar-refractivity contribution is 5.99. The first-order valence-corrected chi connectivity index (χ1v) is 21.4. The minimum absolute atomic E-state index is 0.159. The molecule has 0 radical (unpaired) electrons. The van der Waals surface area contributed by atoms with Crippen molar-refractivity contribution in [3.63, 3.8) is 0 Å². The Morgan fingerprint density at radius 2 is 0.623 bits per heavy atom. The van der Waals surface area contributed by atoms with Crippen LogP contribution in [0, 0.1) is 0 Å². The molecule has 0 amide bonds. The fourth-order valence-electron chi connectivity index (χ4n) is 11.8. The minimum atomic E-state index is -0.463. The first-order valence-electron chi connectivity index (χ1n) is 21.4. The summed E-state index contributed by atoms with van der Waals surface area (Å²) < 4.78 is 0. The van der Waals surface area contributed by atoms with Gasteiger partial charge < -0.3 is 0 Å². The van der Waals surface area contributed by atoms with Crippen LogP contribution in [0.5, 0.6) is 0 Å². The molecule has 288 valence electrons. The third-order valence-electron chi connectivity index (χ3n) is 14.6. The summed E-state index contributed by atoms with van der Waals surface area (Å²) in [5.41, 5.74) is 22.8. The second-order valence-electron chi connectivity index (χ2n) is 18.3. The Bertz CT molecular complexity index is 3210. The van der Waals surface area contributed by atoms with Crippen molar-refractivity contribution in [3.05, 3.63) is 220 Å². The van der Waals surface area contributed by atoms with Crippen molar-refractivity contribution in [2.24, 2.45) is 0 Å². The van der Waals surface area contributed by atoms with E-state index in [-0.39, 0.29) is 10.8 Å². The fraction of sp³-hybridized carbons (Fsp3) is 0.121. The van der Waals surface area contributed by atoms with E-state index in [9.17, 15) is 0 Å². The van der Waals surface area contributed by atoms with Crippen LogP contribution in [0.4, 0.5) is 0 Å². The molecule has 3 heteroatoms. The summed E-state index contributed by atoms with van der Waals surface area (Å²) >= 11 is 0. The van der Waals surface area contributed by atoms with Crippen LogP contribution in [-0.2, 0) is 16.2 Å². The van der Waals surface area contributed by atoms with Gasteiger partial charge >= 0.3 is 0 Å². The smallest absolute Gasteiger partial charge is 0.164 e. The zero-order valence-electron chi connectivity index (χ0n) is 34.6. The molecular formula is C58H41N3. The van der Waals surface area contributed by atoms with Crippen LogP contribution in [-0.4, -0.2) is 15.0 Å². The molecule has 13 rings (SSSR count). The standard InChI is InChI=1S/C58H41N3/c1-56(2)44-22-10-5-16-36(44)40-30-28-34(32-50(40)56)53-59-54(35-29-31-41-37-17-6-11-23-45(37)57(3,4)51(41)33-35)61-55(60-53)43-21-15-27-49-52(43)42-20-9-14-26-48(42)58(49)46-24-12-7-18-38(46)39-19-8-13-25-47(39)58/h5-33H,1-4H3. The lowest BCUT2D eigenvalue weighted by Crippen LogP contribution is -2.25. The largest absolute Gasteiger partial charge is 0.208 e. The van der Waals surface area contributed by atoms with Gasteiger partial charge in [-0.05, 0) is 101 Å². The molecule has 8 aromatic carbocycles. The fourth-order valence-corrected chi connectivity index (χ4v) is 11.8. The molecule has 61 heavy (non-hydrogen) atoms. The molecule has 0 N–H and O–H groups in total. The van der Waals surface area contributed by atoms with Crippen LogP contribution in [0.3, 0.4) is 0 Å². The van der Waals surface area contributed by atoms with Crippen molar-refractivity contribution in [1.29, 1.82) is 0 Å². The van der Waals surface area contributed by atoms with E-state index in [2.05, 4.69) is 204 Å². The van der Waals surface area contributed by atoms with Gasteiger partial charge in [-0.2, -0.15) is 0 Å². The maximum Gasteiger partial charge on any atom is 0.164 e. The summed E-state index contributed by atoms with van der Waals surface area (Å²) in [7, 11) is 0. The highest BCUT2D eigenvalue weighted by Gasteiger charge is 2.52. The maximum absolute atomic E-state index is 5.49. The van der Waals surface area contributed by atoms with Crippen molar-refractivity contribution in [3.8, 4) is 78.7 Å². The predicted octanol–water partition coefficient (Wildman–Crippen LogP) is 13.8. The number of aromatic nitrogens is 3. The van der Waals surface area contributed by atoms with Gasteiger partial charge in [0.15, 0.2) is 17.5 Å². The molecule has 0 bridgehead atoms. The molecule has 4 aliphatic carbocycles. The van der Waals surface area contributed by atoms with Crippen LogP contribution in [0.25, 0.3) is 78.7 Å². The van der Waals surface area contributed by atoms with Gasteiger partial charge in [0, 0.05) is 27.5 Å². The van der Waals surface area contributed by atoms with Crippen LogP contribution >= 0.6 is 0 Å². The molecule has 1 aromatic heterocycles. The molecule has 3 nitrogen and oxygen atoms in total. The van der Waals surface area contributed by atoms with E-state index in [0.717, 1.165) is 16.7 Å². The second-order valence-corrected chi connectivity index (χ2v) is 18.3. The number of hydrogen-bond donors (Lipinski definition) is 0. The quantitative estimate of drug-likeness (QED) is 0.179. The Hall–Kier alpha value is -7.23. The van der Waals surface area contributed by atoms with E-state index in [0.29, 0.717) is 17.5 Å². The van der Waals surface area contributed by atoms with Crippen LogP contribution in [0.2, 0.25) is 0 Å². The summed E-state index contributed by atoms with van der Waals surface area (Å²) in [5, 5.41) is 0.